The second kappa shape index (κ2) is 26.1. The number of Topliss-reactive ketones (excluding diaryl/α,β-unsaturated/α-hetero) is 1. The number of aliphatic hydroxyl groups is 8. The number of hydrogen-bond donors (Lipinski definition) is 8. The Morgan fingerprint density at radius 1 is 0.659 bits per heavy atom. The Kier molecular flexibility index (Phi) is 20.0. The van der Waals surface area contributed by atoms with Gasteiger partial charge in [0.25, 0.3) is 0 Å². The molecule has 0 spiro atoms. The van der Waals surface area contributed by atoms with Crippen LogP contribution in [0.5, 0.6) is 0 Å². The highest BCUT2D eigenvalue weighted by Gasteiger charge is 2.77. The maximum atomic E-state index is 13.6. The Bertz CT molecular complexity index is 2480. The summed E-state index contributed by atoms with van der Waals surface area (Å²) in [6.07, 6.45) is -12.2. The number of ketones is 1. The molecule has 23 nitrogen and oxygen atoms in total. The minimum Gasteiger partial charge on any atom is -0.458 e. The second-order valence-corrected chi connectivity index (χ2v) is 25.9. The highest BCUT2D eigenvalue weighted by molar-refractivity contribution is 5.87. The van der Waals surface area contributed by atoms with Gasteiger partial charge in [-0.15, -0.1) is 0 Å². The van der Waals surface area contributed by atoms with Gasteiger partial charge in [-0.1, -0.05) is 55.8 Å². The Morgan fingerprint density at radius 2 is 1.20 bits per heavy atom. The fourth-order valence-corrected chi connectivity index (χ4v) is 16.2. The predicted octanol–water partition coefficient (Wildman–Crippen LogP) is 2.64. The fraction of sp³-hybridized carbons (Fsp3) is 0.806. The summed E-state index contributed by atoms with van der Waals surface area (Å²) in [6.45, 7) is 11.9. The lowest BCUT2D eigenvalue weighted by atomic mass is 9.43. The van der Waals surface area contributed by atoms with Crippen LogP contribution in [0.1, 0.15) is 125 Å². The summed E-state index contributed by atoms with van der Waals surface area (Å²) in [5, 5.41) is 89.7. The minimum absolute atomic E-state index is 0.00183. The standard InChI is InChI=1S/C62H92O23/c1-30(64)38-19-22-62(72)60(38,7)45(81-46(67)16-15-35-13-11-10-12-14-35)28-44-59(6)20-18-37(23-36(59)17-21-61(44,62)71)79-49-26-41(73-8)56(33(4)77-49)84-48-25-40(66)54(31(2)76-48)82-47-24-39(65)55(32(3)75-47)83-50-27-42(74-9)57(34(5)78-50)85-58-53(70)52(69)51(68)43(29-63)80-58/h10-17,31-34,37-45,47-58,63,65-66,68-72H,18-29H2,1-9H3/t31-,32-,33-,34-,37+,38+,39-,40+,41+,42+,43-,44-,45-,47+,48+,49+,50+,51-,52+,53-,54-,55-,56-,57-,58+,59+,60+,61+,62-/m1/s1. The molecule has 5 heterocycles. The van der Waals surface area contributed by atoms with Crippen LogP contribution in [0.25, 0.3) is 6.08 Å². The summed E-state index contributed by atoms with van der Waals surface area (Å²) < 4.78 is 80.7. The van der Waals surface area contributed by atoms with E-state index in [1.54, 1.807) is 34.0 Å². The normalized spacial score (nSPS) is 49.3. The van der Waals surface area contributed by atoms with E-state index in [1.165, 1.54) is 20.1 Å². The minimum atomic E-state index is -1.71. The first-order valence-electron chi connectivity index (χ1n) is 30.6. The van der Waals surface area contributed by atoms with Crippen LogP contribution in [-0.2, 0) is 71.2 Å². The number of benzene rings is 1. The monoisotopic (exact) mass is 1200 g/mol. The maximum Gasteiger partial charge on any atom is 0.331 e. The first kappa shape index (κ1) is 65.0. The molecule has 8 fully saturated rings. The molecule has 0 bridgehead atoms. The zero-order valence-corrected chi connectivity index (χ0v) is 50.2. The zero-order valence-electron chi connectivity index (χ0n) is 50.2. The molecule has 23 heteroatoms. The van der Waals surface area contributed by atoms with Gasteiger partial charge in [-0.25, -0.2) is 4.79 Å². The van der Waals surface area contributed by atoms with Crippen molar-refractivity contribution in [3.8, 4) is 0 Å². The molecule has 1 aromatic rings. The molecule has 478 valence electrons. The highest BCUT2D eigenvalue weighted by atomic mass is 16.8. The van der Waals surface area contributed by atoms with Crippen LogP contribution in [-0.4, -0.2) is 226 Å². The summed E-state index contributed by atoms with van der Waals surface area (Å²) in [5.74, 6) is -1.78. The second-order valence-electron chi connectivity index (χ2n) is 25.9. The van der Waals surface area contributed by atoms with Gasteiger partial charge in [0.2, 0.25) is 0 Å². The van der Waals surface area contributed by atoms with Gasteiger partial charge in [0.15, 0.2) is 31.5 Å². The van der Waals surface area contributed by atoms with Crippen molar-refractivity contribution < 1.29 is 112 Å². The van der Waals surface area contributed by atoms with E-state index in [-0.39, 0.29) is 50.4 Å². The third-order valence-electron chi connectivity index (χ3n) is 20.9. The SMILES string of the molecule is CO[C@H]1C[C@H](O[C@H]2CC[C@@]3(C)C(=CC[C@]4(O)[C@@H]3C[C@@H](OC(=O)C=Cc3ccccc3)[C@]3(C)[C@H](C(C)=O)CC[C@@]34O)C2)O[C@H](C)[C@H]1O[C@H]1C[C@H](O)[C@H](O[C@H]2C[C@@H](O)[C@H](O[C@H]3C[C@H](OC)[C@H](O[C@@H]4O[C@H](CO)[C@@H](O)[C@H](O)[C@H]4O)[C@@H](C)O3)[C@@H](C)O2)[C@@H](C)O1. The van der Waals surface area contributed by atoms with Crippen molar-refractivity contribution in [2.24, 2.45) is 22.7 Å². The molecule has 5 saturated heterocycles. The van der Waals surface area contributed by atoms with Crippen molar-refractivity contribution >= 4 is 17.8 Å². The lowest BCUT2D eigenvalue weighted by Gasteiger charge is -2.66. The van der Waals surface area contributed by atoms with E-state index < -0.39 is 182 Å². The van der Waals surface area contributed by atoms with Crippen LogP contribution >= 0.6 is 0 Å². The van der Waals surface area contributed by atoms with E-state index >= 15 is 0 Å². The highest BCUT2D eigenvalue weighted by Crippen LogP contribution is 2.70. The molecule has 0 radical (unpaired) electrons. The number of esters is 1. The molecule has 8 N–H and O–H groups in total. The van der Waals surface area contributed by atoms with E-state index in [1.807, 2.05) is 44.2 Å². The number of fused-ring (bicyclic) bond motifs is 5. The Morgan fingerprint density at radius 3 is 1.75 bits per heavy atom. The molecule has 4 aliphatic carbocycles. The summed E-state index contributed by atoms with van der Waals surface area (Å²) in [5.41, 5.74) is -3.18. The largest absolute Gasteiger partial charge is 0.458 e. The lowest BCUT2D eigenvalue weighted by Crippen LogP contribution is -2.75. The smallest absolute Gasteiger partial charge is 0.331 e. The summed E-state index contributed by atoms with van der Waals surface area (Å²) >= 11 is 0. The van der Waals surface area contributed by atoms with Crippen LogP contribution in [0.4, 0.5) is 0 Å². The van der Waals surface area contributed by atoms with Gasteiger partial charge in [-0.2, -0.15) is 0 Å². The van der Waals surface area contributed by atoms with Gasteiger partial charge in [-0.3, -0.25) is 4.79 Å². The average molecular weight is 1210 g/mol. The van der Waals surface area contributed by atoms with Gasteiger partial charge in [0, 0.05) is 63.2 Å². The Hall–Kier alpha value is -2.96. The molecule has 1 aromatic carbocycles. The van der Waals surface area contributed by atoms with Crippen LogP contribution < -0.4 is 0 Å². The predicted molar refractivity (Wildman–Crippen MR) is 297 cm³/mol. The summed E-state index contributed by atoms with van der Waals surface area (Å²) in [6, 6.07) is 9.40. The molecule has 10 rings (SSSR count). The lowest BCUT2D eigenvalue weighted by molar-refractivity contribution is -0.357. The van der Waals surface area contributed by atoms with Gasteiger partial charge in [0.1, 0.15) is 71.9 Å². The molecule has 0 aromatic heterocycles. The van der Waals surface area contributed by atoms with Crippen LogP contribution in [0.3, 0.4) is 0 Å². The van der Waals surface area contributed by atoms with Gasteiger partial charge in [-0.05, 0) is 96.6 Å². The van der Waals surface area contributed by atoms with E-state index in [2.05, 4.69) is 13.0 Å². The molecular weight excluding hydrogens is 1110 g/mol. The zero-order chi connectivity index (χ0) is 61.1. The van der Waals surface area contributed by atoms with Gasteiger partial charge < -0.3 is 102 Å². The van der Waals surface area contributed by atoms with Crippen molar-refractivity contribution in [2.45, 2.75) is 272 Å². The molecule has 0 amide bonds. The van der Waals surface area contributed by atoms with Crippen LogP contribution in [0.2, 0.25) is 0 Å². The van der Waals surface area contributed by atoms with Crippen LogP contribution in [0, 0.1) is 22.7 Å². The molecule has 29 atom stereocenters. The molecule has 85 heavy (non-hydrogen) atoms. The number of aliphatic hydroxyl groups excluding tert-OH is 6. The molecular formula is C62H92O23. The van der Waals surface area contributed by atoms with E-state index in [0.29, 0.717) is 32.1 Å². The quantitative estimate of drug-likeness (QED) is 0.0631. The van der Waals surface area contributed by atoms with Crippen LogP contribution in [0.15, 0.2) is 48.1 Å². The molecule has 0 unspecified atom stereocenters. The number of hydrogen-bond acceptors (Lipinski definition) is 23. The fourth-order valence-electron chi connectivity index (χ4n) is 16.2. The first-order chi connectivity index (χ1) is 40.3. The first-order valence-corrected chi connectivity index (χ1v) is 30.6. The average Bonchev–Trinajstić information content (AvgIpc) is 1.65. The van der Waals surface area contributed by atoms with Crippen molar-refractivity contribution in [2.75, 3.05) is 20.8 Å². The topological polar surface area (TPSA) is 316 Å². The van der Waals surface area contributed by atoms with E-state index in [0.717, 1.165) is 11.1 Å². The number of carbonyl (C=O) groups excluding carboxylic acids is 2. The number of carbonyl (C=O) groups is 2. The Labute approximate surface area is 497 Å². The summed E-state index contributed by atoms with van der Waals surface area (Å²) in [4.78, 5) is 26.9. The van der Waals surface area contributed by atoms with Gasteiger partial charge >= 0.3 is 5.97 Å². The molecule has 3 saturated carbocycles. The van der Waals surface area contributed by atoms with Crippen molar-refractivity contribution in [3.63, 3.8) is 0 Å². The maximum absolute atomic E-state index is 13.6. The summed E-state index contributed by atoms with van der Waals surface area (Å²) in [7, 11) is 3.07. The third kappa shape index (κ3) is 12.4. The van der Waals surface area contributed by atoms with Crippen molar-refractivity contribution in [1.29, 1.82) is 0 Å². The molecule has 9 aliphatic rings. The third-order valence-corrected chi connectivity index (χ3v) is 20.9. The Balaban J connectivity index is 0.703. The number of methoxy groups -OCH3 is 2. The number of rotatable bonds is 17. The molecule has 5 aliphatic heterocycles. The van der Waals surface area contributed by atoms with Gasteiger partial charge in [0.05, 0.1) is 61.5 Å². The van der Waals surface area contributed by atoms with Crippen molar-refractivity contribution in [3.05, 3.63) is 53.6 Å². The van der Waals surface area contributed by atoms with Crippen molar-refractivity contribution in [1.82, 2.24) is 0 Å². The van der Waals surface area contributed by atoms with E-state index in [9.17, 15) is 50.4 Å². The van der Waals surface area contributed by atoms with E-state index in [4.69, 9.17) is 61.6 Å². The number of ether oxygens (including phenoxy) is 13.